The Morgan fingerprint density at radius 1 is 1.04 bits per heavy atom. The van der Waals surface area contributed by atoms with Gasteiger partial charge in [-0.2, -0.15) is 0 Å². The van der Waals surface area contributed by atoms with Crippen LogP contribution in [0.1, 0.15) is 50.6 Å². The first-order valence-electron chi connectivity index (χ1n) is 8.17. The Morgan fingerprint density at radius 2 is 1.70 bits per heavy atom. The highest BCUT2D eigenvalue weighted by Crippen LogP contribution is 2.22. The summed E-state index contributed by atoms with van der Waals surface area (Å²) in [5, 5.41) is 9.47. The number of benzene rings is 1. The largest absolute Gasteiger partial charge is 0.478 e. The maximum Gasteiger partial charge on any atom is 0.338 e. The van der Waals surface area contributed by atoms with Gasteiger partial charge in [0.1, 0.15) is 5.82 Å². The van der Waals surface area contributed by atoms with E-state index in [1.54, 1.807) is 13.8 Å². The number of nitrogens with zero attached hydrogens (tertiary/aromatic N) is 1. The number of ketones is 1. The quantitative estimate of drug-likeness (QED) is 0.549. The van der Waals surface area contributed by atoms with Gasteiger partial charge in [0.25, 0.3) is 0 Å². The first-order valence-corrected chi connectivity index (χ1v) is 8.17. The molecule has 0 atom stereocenters. The molecular formula is C20H16FNO5. The smallest absolute Gasteiger partial charge is 0.338 e. The van der Waals surface area contributed by atoms with Crippen LogP contribution in [0.4, 0.5) is 4.39 Å². The van der Waals surface area contributed by atoms with Crippen molar-refractivity contribution >= 4 is 23.2 Å². The Bertz CT molecular complexity index is 1050. The molecule has 0 aliphatic carbocycles. The summed E-state index contributed by atoms with van der Waals surface area (Å²) in [7, 11) is 0. The molecule has 0 aliphatic heterocycles. The number of aromatic nitrogens is 1. The van der Waals surface area contributed by atoms with Gasteiger partial charge in [0, 0.05) is 11.8 Å². The molecule has 27 heavy (non-hydrogen) atoms. The summed E-state index contributed by atoms with van der Waals surface area (Å²) < 4.78 is 19.6. The lowest BCUT2D eigenvalue weighted by Crippen LogP contribution is -2.12. The lowest BCUT2D eigenvalue weighted by molar-refractivity contribution is 0.0377. The SMILES string of the molecule is CC(C)OC(=O)c1ccn2c(C(=O)c3ccc(F)cc3)cc(C(=O)O)c2c1. The van der Waals surface area contributed by atoms with Crippen LogP contribution in [-0.2, 0) is 4.74 Å². The second kappa shape index (κ2) is 7.03. The molecule has 138 valence electrons. The molecule has 2 aromatic heterocycles. The molecule has 0 aliphatic rings. The first kappa shape index (κ1) is 18.3. The monoisotopic (exact) mass is 369 g/mol. The number of hydrogen-bond donors (Lipinski definition) is 1. The number of hydrogen-bond acceptors (Lipinski definition) is 4. The van der Waals surface area contributed by atoms with E-state index in [4.69, 9.17) is 4.74 Å². The lowest BCUT2D eigenvalue weighted by Gasteiger charge is -2.09. The fraction of sp³-hybridized carbons (Fsp3) is 0.150. The lowest BCUT2D eigenvalue weighted by atomic mass is 10.1. The zero-order valence-corrected chi connectivity index (χ0v) is 14.6. The van der Waals surface area contributed by atoms with Gasteiger partial charge in [-0.15, -0.1) is 0 Å². The van der Waals surface area contributed by atoms with Crippen molar-refractivity contribution in [2.24, 2.45) is 0 Å². The molecule has 0 saturated carbocycles. The normalized spacial score (nSPS) is 11.0. The summed E-state index contributed by atoms with van der Waals surface area (Å²) in [5.41, 5.74) is 0.553. The van der Waals surface area contributed by atoms with Crippen LogP contribution in [0.3, 0.4) is 0 Å². The maximum atomic E-state index is 13.1. The number of carbonyl (C=O) groups is 3. The van der Waals surface area contributed by atoms with Crippen LogP contribution in [0.5, 0.6) is 0 Å². The fourth-order valence-corrected chi connectivity index (χ4v) is 2.70. The molecule has 0 bridgehead atoms. The highest BCUT2D eigenvalue weighted by Gasteiger charge is 2.22. The van der Waals surface area contributed by atoms with Crippen molar-refractivity contribution in [1.29, 1.82) is 0 Å². The minimum absolute atomic E-state index is 0.0952. The van der Waals surface area contributed by atoms with E-state index in [1.807, 2.05) is 0 Å². The van der Waals surface area contributed by atoms with E-state index in [2.05, 4.69) is 0 Å². The third kappa shape index (κ3) is 3.57. The van der Waals surface area contributed by atoms with Crippen LogP contribution >= 0.6 is 0 Å². The summed E-state index contributed by atoms with van der Waals surface area (Å²) in [6.45, 7) is 3.41. The molecule has 0 amide bonds. The van der Waals surface area contributed by atoms with Crippen LogP contribution in [-0.4, -0.2) is 33.3 Å². The van der Waals surface area contributed by atoms with Crippen LogP contribution in [0.2, 0.25) is 0 Å². The van der Waals surface area contributed by atoms with E-state index in [1.165, 1.54) is 40.9 Å². The summed E-state index contributed by atoms with van der Waals surface area (Å²) >= 11 is 0. The number of rotatable bonds is 5. The second-order valence-corrected chi connectivity index (χ2v) is 6.21. The Balaban J connectivity index is 2.12. The zero-order valence-electron chi connectivity index (χ0n) is 14.6. The van der Waals surface area contributed by atoms with E-state index >= 15 is 0 Å². The topological polar surface area (TPSA) is 85.1 Å². The van der Waals surface area contributed by atoms with Gasteiger partial charge in [-0.25, -0.2) is 14.0 Å². The highest BCUT2D eigenvalue weighted by atomic mass is 19.1. The number of pyridine rings is 1. The molecule has 6 nitrogen and oxygen atoms in total. The van der Waals surface area contributed by atoms with Crippen molar-refractivity contribution in [3.63, 3.8) is 0 Å². The summed E-state index contributed by atoms with van der Waals surface area (Å²) in [6, 6.07) is 9.02. The molecule has 7 heteroatoms. The third-order valence-electron chi connectivity index (χ3n) is 3.92. The minimum atomic E-state index is -1.24. The van der Waals surface area contributed by atoms with E-state index in [0.29, 0.717) is 0 Å². The Hall–Kier alpha value is -3.48. The van der Waals surface area contributed by atoms with E-state index in [0.717, 1.165) is 12.1 Å². The predicted octanol–water partition coefficient (Wildman–Crippen LogP) is 3.57. The molecule has 0 unspecified atom stereocenters. The molecule has 0 fully saturated rings. The Labute approximate surface area is 153 Å². The van der Waals surface area contributed by atoms with Crippen molar-refractivity contribution in [2.45, 2.75) is 20.0 Å². The van der Waals surface area contributed by atoms with E-state index < -0.39 is 23.5 Å². The molecule has 1 aromatic carbocycles. The van der Waals surface area contributed by atoms with Crippen LogP contribution in [0.25, 0.3) is 5.52 Å². The summed E-state index contributed by atoms with van der Waals surface area (Å²) in [4.78, 5) is 36.4. The van der Waals surface area contributed by atoms with Gasteiger partial charge in [-0.3, -0.25) is 4.79 Å². The number of halogens is 1. The van der Waals surface area contributed by atoms with Gasteiger partial charge >= 0.3 is 11.9 Å². The van der Waals surface area contributed by atoms with Crippen molar-refractivity contribution in [3.05, 3.63) is 76.9 Å². The maximum absolute atomic E-state index is 13.1. The number of fused-ring (bicyclic) bond motifs is 1. The van der Waals surface area contributed by atoms with Crippen LogP contribution in [0, 0.1) is 5.82 Å². The molecular weight excluding hydrogens is 353 g/mol. The van der Waals surface area contributed by atoms with E-state index in [9.17, 15) is 23.9 Å². The highest BCUT2D eigenvalue weighted by molar-refractivity contribution is 6.11. The van der Waals surface area contributed by atoms with Crippen LogP contribution in [0.15, 0.2) is 48.7 Å². The number of carboxylic acids is 1. The van der Waals surface area contributed by atoms with Crippen molar-refractivity contribution in [3.8, 4) is 0 Å². The van der Waals surface area contributed by atoms with Gasteiger partial charge in [0.2, 0.25) is 5.78 Å². The van der Waals surface area contributed by atoms with Gasteiger partial charge in [0.05, 0.1) is 28.4 Å². The Kier molecular flexibility index (Phi) is 4.77. The molecule has 3 rings (SSSR count). The molecule has 1 N–H and O–H groups in total. The van der Waals surface area contributed by atoms with Crippen molar-refractivity contribution in [1.82, 2.24) is 4.40 Å². The number of esters is 1. The number of ether oxygens (including phenoxy) is 1. The van der Waals surface area contributed by atoms with Crippen molar-refractivity contribution < 1.29 is 28.6 Å². The van der Waals surface area contributed by atoms with Gasteiger partial charge < -0.3 is 14.2 Å². The predicted molar refractivity (Wildman–Crippen MR) is 94.7 cm³/mol. The summed E-state index contributed by atoms with van der Waals surface area (Å²) in [5.74, 6) is -2.77. The molecule has 0 saturated heterocycles. The van der Waals surface area contributed by atoms with Crippen molar-refractivity contribution in [2.75, 3.05) is 0 Å². The Morgan fingerprint density at radius 3 is 2.30 bits per heavy atom. The van der Waals surface area contributed by atoms with Crippen LogP contribution < -0.4 is 0 Å². The molecule has 0 spiro atoms. The second-order valence-electron chi connectivity index (χ2n) is 6.21. The number of carbonyl (C=O) groups excluding carboxylic acids is 2. The average molecular weight is 369 g/mol. The van der Waals surface area contributed by atoms with Gasteiger partial charge in [0.15, 0.2) is 0 Å². The minimum Gasteiger partial charge on any atom is -0.478 e. The fourth-order valence-electron chi connectivity index (χ4n) is 2.70. The summed E-state index contributed by atoms with van der Waals surface area (Å²) in [6.07, 6.45) is 1.12. The number of carboxylic acid groups (broad SMARTS) is 1. The first-order chi connectivity index (χ1) is 12.8. The average Bonchev–Trinajstić information content (AvgIpc) is 3.00. The number of aromatic carboxylic acids is 1. The molecule has 3 aromatic rings. The molecule has 2 heterocycles. The van der Waals surface area contributed by atoms with E-state index in [-0.39, 0.29) is 34.0 Å². The van der Waals surface area contributed by atoms with Gasteiger partial charge in [-0.05, 0) is 56.3 Å². The standard InChI is InChI=1S/C20H16FNO5/c1-11(2)27-20(26)13-7-8-22-16(9-13)15(19(24)25)10-17(22)18(23)12-3-5-14(21)6-4-12/h3-11H,1-2H3,(H,24,25). The van der Waals surface area contributed by atoms with Gasteiger partial charge in [-0.1, -0.05) is 0 Å². The molecule has 0 radical (unpaired) electrons. The third-order valence-corrected chi connectivity index (χ3v) is 3.92. The zero-order chi connectivity index (χ0) is 19.7.